The van der Waals surface area contributed by atoms with Crippen molar-refractivity contribution in [3.05, 3.63) is 91.4 Å². The zero-order chi connectivity index (χ0) is 21.6. The molecule has 0 aliphatic rings. The lowest BCUT2D eigenvalue weighted by Crippen LogP contribution is -2.38. The molecule has 5 nitrogen and oxygen atoms in total. The highest BCUT2D eigenvalue weighted by atomic mass is 35.5. The average molecular weight is 494 g/mol. The zero-order valence-electron chi connectivity index (χ0n) is 14.3. The Bertz CT molecular complexity index is 1160. The summed E-state index contributed by atoms with van der Waals surface area (Å²) in [6.45, 7) is 0. The van der Waals surface area contributed by atoms with Crippen molar-refractivity contribution in [3.8, 4) is 11.5 Å². The number of hydrogen-bond donors (Lipinski definition) is 3. The van der Waals surface area contributed by atoms with Gasteiger partial charge in [-0.3, -0.25) is 4.55 Å². The molecule has 3 N–H and O–H groups in total. The van der Waals surface area contributed by atoms with Crippen LogP contribution in [0, 0.1) is 0 Å². The third-order valence-electron chi connectivity index (χ3n) is 4.37. The van der Waals surface area contributed by atoms with Crippen LogP contribution in [0.2, 0.25) is 20.1 Å². The first kappa shape index (κ1) is 22.0. The predicted octanol–water partition coefficient (Wildman–Crippen LogP) is 5.89. The lowest BCUT2D eigenvalue weighted by Gasteiger charge is -2.34. The fourth-order valence-corrected chi connectivity index (χ4v) is 5.39. The van der Waals surface area contributed by atoms with E-state index in [1.807, 2.05) is 0 Å². The molecule has 0 unspecified atom stereocenters. The van der Waals surface area contributed by atoms with Crippen LogP contribution in [0.1, 0.15) is 16.7 Å². The van der Waals surface area contributed by atoms with E-state index < -0.39 is 26.4 Å². The quantitative estimate of drug-likeness (QED) is 0.311. The topological polar surface area (TPSA) is 94.8 Å². The summed E-state index contributed by atoms with van der Waals surface area (Å²) in [4.78, 5) is 0. The van der Waals surface area contributed by atoms with Crippen molar-refractivity contribution in [2.45, 2.75) is 4.75 Å². The molecule has 0 aliphatic heterocycles. The molecule has 0 atom stereocenters. The minimum atomic E-state index is -5.14. The minimum Gasteiger partial charge on any atom is -0.508 e. The number of halogens is 4. The summed E-state index contributed by atoms with van der Waals surface area (Å²) in [5, 5.41) is 21.4. The first-order valence-corrected chi connectivity index (χ1v) is 10.8. The van der Waals surface area contributed by atoms with E-state index in [1.165, 1.54) is 42.5 Å². The lowest BCUT2D eigenvalue weighted by molar-refractivity contribution is 0.428. The average Bonchev–Trinajstić information content (AvgIpc) is 2.60. The first-order chi connectivity index (χ1) is 13.5. The lowest BCUT2D eigenvalue weighted by atomic mass is 9.83. The van der Waals surface area contributed by atoms with Crippen LogP contribution in [0.4, 0.5) is 0 Å². The summed E-state index contributed by atoms with van der Waals surface area (Å²) in [7, 11) is -5.14. The third kappa shape index (κ3) is 3.77. The molecule has 0 fully saturated rings. The molecule has 0 aliphatic carbocycles. The summed E-state index contributed by atoms with van der Waals surface area (Å²) >= 11 is 24.2. The molecule has 0 bridgehead atoms. The first-order valence-electron chi connectivity index (χ1n) is 7.89. The van der Waals surface area contributed by atoms with Gasteiger partial charge in [0.05, 0.1) is 0 Å². The van der Waals surface area contributed by atoms with E-state index >= 15 is 0 Å². The van der Waals surface area contributed by atoms with E-state index in [0.29, 0.717) is 0 Å². The van der Waals surface area contributed by atoms with Crippen molar-refractivity contribution in [3.63, 3.8) is 0 Å². The van der Waals surface area contributed by atoms with Crippen LogP contribution in [-0.2, 0) is 14.9 Å². The van der Waals surface area contributed by atoms with Crippen molar-refractivity contribution >= 4 is 56.5 Å². The Morgan fingerprint density at radius 2 is 1.07 bits per heavy atom. The van der Waals surface area contributed by atoms with E-state index in [0.717, 1.165) is 12.1 Å². The maximum Gasteiger partial charge on any atom is 0.283 e. The number of benzene rings is 3. The van der Waals surface area contributed by atoms with Crippen LogP contribution < -0.4 is 0 Å². The van der Waals surface area contributed by atoms with Gasteiger partial charge in [0.25, 0.3) is 10.1 Å². The molecule has 3 rings (SSSR count). The largest absolute Gasteiger partial charge is 0.508 e. The molecule has 0 radical (unpaired) electrons. The normalized spacial score (nSPS) is 12.2. The molecule has 3 aromatic carbocycles. The highest BCUT2D eigenvalue weighted by Gasteiger charge is 2.52. The van der Waals surface area contributed by atoms with Crippen LogP contribution in [0.5, 0.6) is 11.5 Å². The number of phenolic OH excluding ortho intramolecular Hbond substituents is 2. The Morgan fingerprint density at radius 1 is 0.655 bits per heavy atom. The van der Waals surface area contributed by atoms with E-state index in [4.69, 9.17) is 46.4 Å². The summed E-state index contributed by atoms with van der Waals surface area (Å²) < 4.78 is 33.8. The molecule has 0 saturated carbocycles. The van der Waals surface area contributed by atoms with Gasteiger partial charge in [-0.15, -0.1) is 0 Å². The standard InChI is InChI=1S/C19H12Cl4O5S/c20-10-3-6-16(23)15(7-10)19(29(26,27)28,13-4-1-11(21)8-17(13)24)14-5-2-12(22)9-18(14)25/h1-9,24-25H,(H,26,27,28). The summed E-state index contributed by atoms with van der Waals surface area (Å²) in [5.74, 6) is -1.11. The van der Waals surface area contributed by atoms with Crippen LogP contribution in [0.15, 0.2) is 54.6 Å². The van der Waals surface area contributed by atoms with Crippen molar-refractivity contribution in [2.24, 2.45) is 0 Å². The van der Waals surface area contributed by atoms with Gasteiger partial charge in [-0.2, -0.15) is 8.42 Å². The molecule has 0 aromatic heterocycles. The monoisotopic (exact) mass is 492 g/mol. The second kappa shape index (κ2) is 7.87. The van der Waals surface area contributed by atoms with Gasteiger partial charge < -0.3 is 10.2 Å². The maximum atomic E-state index is 13.0. The molecule has 152 valence electrons. The van der Waals surface area contributed by atoms with Crippen molar-refractivity contribution in [1.82, 2.24) is 0 Å². The van der Waals surface area contributed by atoms with Crippen LogP contribution in [0.25, 0.3) is 0 Å². The predicted molar refractivity (Wildman–Crippen MR) is 114 cm³/mol. The number of aromatic hydroxyl groups is 2. The van der Waals surface area contributed by atoms with Crippen LogP contribution >= 0.6 is 46.4 Å². The summed E-state index contributed by atoms with van der Waals surface area (Å²) in [5.41, 5.74) is -0.790. The minimum absolute atomic E-state index is 0.0873. The van der Waals surface area contributed by atoms with Gasteiger partial charge in [0.15, 0.2) is 4.75 Å². The van der Waals surface area contributed by atoms with Crippen LogP contribution in [-0.4, -0.2) is 23.2 Å². The second-order valence-corrected chi connectivity index (χ2v) is 9.38. The Kier molecular flexibility index (Phi) is 5.98. The molecule has 29 heavy (non-hydrogen) atoms. The summed E-state index contributed by atoms with van der Waals surface area (Å²) in [6.07, 6.45) is 0. The Balaban J connectivity index is 2.63. The molecular weight excluding hydrogens is 482 g/mol. The van der Waals surface area contributed by atoms with E-state index in [1.54, 1.807) is 0 Å². The van der Waals surface area contributed by atoms with Crippen molar-refractivity contribution < 1.29 is 23.2 Å². The van der Waals surface area contributed by atoms with Gasteiger partial charge in [-0.05, 0) is 42.5 Å². The molecule has 0 saturated heterocycles. The van der Waals surface area contributed by atoms with E-state index in [-0.39, 0.29) is 36.8 Å². The van der Waals surface area contributed by atoms with Gasteiger partial charge in [0, 0.05) is 36.8 Å². The number of phenols is 2. The Labute approximate surface area is 186 Å². The molecule has 0 heterocycles. The fraction of sp³-hybridized carbons (Fsp3) is 0.0526. The molecule has 3 aromatic rings. The van der Waals surface area contributed by atoms with Gasteiger partial charge in [0.1, 0.15) is 11.5 Å². The smallest absolute Gasteiger partial charge is 0.283 e. The maximum absolute atomic E-state index is 13.0. The molecule has 0 amide bonds. The fourth-order valence-electron chi connectivity index (χ4n) is 3.22. The SMILES string of the molecule is O=S(=O)(O)C(c1ccc(Cl)cc1O)(c1ccc(Cl)cc1O)c1cc(Cl)ccc1Cl. The molecule has 10 heteroatoms. The van der Waals surface area contributed by atoms with Gasteiger partial charge in [-0.1, -0.05) is 58.5 Å². The van der Waals surface area contributed by atoms with E-state index in [9.17, 15) is 23.2 Å². The number of rotatable bonds is 4. The van der Waals surface area contributed by atoms with Crippen molar-refractivity contribution in [1.29, 1.82) is 0 Å². The molecular formula is C19H12Cl4O5S. The highest BCUT2D eigenvalue weighted by molar-refractivity contribution is 7.87. The zero-order valence-corrected chi connectivity index (χ0v) is 18.1. The molecule has 0 spiro atoms. The second-order valence-electron chi connectivity index (χ2n) is 6.10. The third-order valence-corrected chi connectivity index (χ3v) is 6.84. The van der Waals surface area contributed by atoms with Gasteiger partial charge in [-0.25, -0.2) is 0 Å². The van der Waals surface area contributed by atoms with Crippen molar-refractivity contribution in [2.75, 3.05) is 0 Å². The Hall–Kier alpha value is -1.67. The highest BCUT2D eigenvalue weighted by Crippen LogP contribution is 2.52. The van der Waals surface area contributed by atoms with Crippen LogP contribution in [0.3, 0.4) is 0 Å². The summed E-state index contributed by atoms with van der Waals surface area (Å²) in [6, 6.07) is 11.2. The van der Waals surface area contributed by atoms with Gasteiger partial charge >= 0.3 is 0 Å². The number of hydrogen-bond acceptors (Lipinski definition) is 4. The van der Waals surface area contributed by atoms with Gasteiger partial charge in [0.2, 0.25) is 0 Å². The Morgan fingerprint density at radius 3 is 1.48 bits per heavy atom. The van der Waals surface area contributed by atoms with E-state index in [2.05, 4.69) is 0 Å².